The van der Waals surface area contributed by atoms with Crippen LogP contribution in [0.3, 0.4) is 0 Å². The Labute approximate surface area is 118 Å². The van der Waals surface area contributed by atoms with Crippen molar-refractivity contribution in [1.82, 2.24) is 0 Å². The normalized spacial score (nSPS) is 9.95. The van der Waals surface area contributed by atoms with E-state index in [2.05, 4.69) is 27.3 Å². The van der Waals surface area contributed by atoms with Crippen molar-refractivity contribution in [3.8, 4) is 11.8 Å². The van der Waals surface area contributed by atoms with E-state index >= 15 is 0 Å². The van der Waals surface area contributed by atoms with E-state index in [1.165, 1.54) is 18.2 Å². The van der Waals surface area contributed by atoms with Crippen molar-refractivity contribution in [2.45, 2.75) is 6.54 Å². The van der Waals surface area contributed by atoms with Gasteiger partial charge in [-0.2, -0.15) is 5.26 Å². The Morgan fingerprint density at radius 3 is 2.79 bits per heavy atom. The van der Waals surface area contributed by atoms with Crippen LogP contribution in [0.5, 0.6) is 5.75 Å². The van der Waals surface area contributed by atoms with E-state index in [9.17, 15) is 9.50 Å². The number of hydrogen-bond acceptors (Lipinski definition) is 3. The zero-order valence-electron chi connectivity index (χ0n) is 9.82. The van der Waals surface area contributed by atoms with Crippen molar-refractivity contribution in [3.63, 3.8) is 0 Å². The Balaban J connectivity index is 2.19. The van der Waals surface area contributed by atoms with Crippen molar-refractivity contribution in [1.29, 1.82) is 5.26 Å². The van der Waals surface area contributed by atoms with Crippen LogP contribution in [0.25, 0.3) is 0 Å². The molecule has 2 rings (SSSR count). The summed E-state index contributed by atoms with van der Waals surface area (Å²) in [6.45, 7) is 0.236. The molecule has 0 radical (unpaired) electrons. The molecule has 0 unspecified atom stereocenters. The van der Waals surface area contributed by atoms with Gasteiger partial charge in [0, 0.05) is 16.6 Å². The first-order valence-electron chi connectivity index (χ1n) is 5.51. The number of nitriles is 1. The maximum atomic E-state index is 13.1. The molecule has 96 valence electrons. The molecule has 0 aliphatic heterocycles. The van der Waals surface area contributed by atoms with Gasteiger partial charge in [-0.15, -0.1) is 0 Å². The van der Waals surface area contributed by atoms with Gasteiger partial charge in [-0.05, 0) is 36.4 Å². The monoisotopic (exact) mass is 320 g/mol. The average molecular weight is 321 g/mol. The molecule has 0 saturated heterocycles. The fourth-order valence-electron chi connectivity index (χ4n) is 1.65. The second-order valence-electron chi connectivity index (χ2n) is 3.93. The van der Waals surface area contributed by atoms with Crippen LogP contribution in [-0.4, -0.2) is 5.11 Å². The SMILES string of the molecule is N#Cc1cc(Br)ccc1NCc1cc(F)ccc1O. The fraction of sp³-hybridized carbons (Fsp3) is 0.0714. The predicted molar refractivity (Wildman–Crippen MR) is 74.2 cm³/mol. The topological polar surface area (TPSA) is 56.0 Å². The first-order valence-corrected chi connectivity index (χ1v) is 6.30. The first kappa shape index (κ1) is 13.4. The molecule has 2 N–H and O–H groups in total. The van der Waals surface area contributed by atoms with Gasteiger partial charge in [-0.3, -0.25) is 0 Å². The van der Waals surface area contributed by atoms with E-state index in [1.54, 1.807) is 18.2 Å². The third-order valence-electron chi connectivity index (χ3n) is 2.61. The molecule has 0 bridgehead atoms. The number of phenols is 1. The Bertz CT molecular complexity index is 652. The minimum Gasteiger partial charge on any atom is -0.508 e. The first-order chi connectivity index (χ1) is 9.10. The molecule has 0 fully saturated rings. The minimum absolute atomic E-state index is 0.0181. The van der Waals surface area contributed by atoms with Crippen molar-refractivity contribution >= 4 is 21.6 Å². The highest BCUT2D eigenvalue weighted by Gasteiger charge is 2.06. The van der Waals surface area contributed by atoms with Crippen LogP contribution >= 0.6 is 15.9 Å². The van der Waals surface area contributed by atoms with Crippen LogP contribution in [0.1, 0.15) is 11.1 Å². The van der Waals surface area contributed by atoms with Gasteiger partial charge >= 0.3 is 0 Å². The van der Waals surface area contributed by atoms with Gasteiger partial charge in [0.1, 0.15) is 17.6 Å². The highest BCUT2D eigenvalue weighted by molar-refractivity contribution is 9.10. The third-order valence-corrected chi connectivity index (χ3v) is 3.11. The van der Waals surface area contributed by atoms with Crippen molar-refractivity contribution in [2.24, 2.45) is 0 Å². The smallest absolute Gasteiger partial charge is 0.123 e. The molecule has 2 aromatic carbocycles. The summed E-state index contributed by atoms with van der Waals surface area (Å²) in [5.74, 6) is -0.393. The van der Waals surface area contributed by atoms with Gasteiger partial charge in [-0.1, -0.05) is 15.9 Å². The molecule has 0 spiro atoms. The molecule has 0 aliphatic carbocycles. The van der Waals surface area contributed by atoms with Crippen LogP contribution in [0.2, 0.25) is 0 Å². The Morgan fingerprint density at radius 2 is 2.05 bits per heavy atom. The Kier molecular flexibility index (Phi) is 4.03. The highest BCUT2D eigenvalue weighted by Crippen LogP contribution is 2.23. The summed E-state index contributed by atoms with van der Waals surface area (Å²) in [5, 5.41) is 21.6. The Morgan fingerprint density at radius 1 is 1.26 bits per heavy atom. The molecule has 0 aliphatic rings. The Hall–Kier alpha value is -2.06. The van der Waals surface area contributed by atoms with Crippen molar-refractivity contribution in [2.75, 3.05) is 5.32 Å². The van der Waals surface area contributed by atoms with E-state index in [4.69, 9.17) is 5.26 Å². The molecule has 0 amide bonds. The number of aromatic hydroxyl groups is 1. The molecule has 2 aromatic rings. The molecule has 0 saturated carbocycles. The zero-order valence-corrected chi connectivity index (χ0v) is 11.4. The lowest BCUT2D eigenvalue weighted by Gasteiger charge is -2.10. The number of halogens is 2. The summed E-state index contributed by atoms with van der Waals surface area (Å²) < 4.78 is 13.9. The van der Waals surface area contributed by atoms with Crippen molar-refractivity contribution < 1.29 is 9.50 Å². The summed E-state index contributed by atoms with van der Waals surface area (Å²) in [5.41, 5.74) is 1.55. The molecule has 0 aromatic heterocycles. The molecule has 19 heavy (non-hydrogen) atoms. The van der Waals surface area contributed by atoms with Gasteiger partial charge < -0.3 is 10.4 Å². The number of nitrogens with zero attached hydrogens (tertiary/aromatic N) is 1. The predicted octanol–water partition coefficient (Wildman–Crippen LogP) is 3.78. The van der Waals surface area contributed by atoms with Gasteiger partial charge in [0.2, 0.25) is 0 Å². The maximum absolute atomic E-state index is 13.1. The second kappa shape index (κ2) is 5.72. The van der Waals surface area contributed by atoms with E-state index in [0.29, 0.717) is 16.8 Å². The van der Waals surface area contributed by atoms with Crippen LogP contribution in [0, 0.1) is 17.1 Å². The second-order valence-corrected chi connectivity index (χ2v) is 4.84. The number of hydrogen-bond donors (Lipinski definition) is 2. The lowest BCUT2D eigenvalue weighted by atomic mass is 10.1. The third kappa shape index (κ3) is 3.24. The summed E-state index contributed by atoms with van der Waals surface area (Å²) in [6.07, 6.45) is 0. The maximum Gasteiger partial charge on any atom is 0.123 e. The molecule has 5 heteroatoms. The van der Waals surface area contributed by atoms with Crippen LogP contribution in [0.15, 0.2) is 40.9 Å². The van der Waals surface area contributed by atoms with Gasteiger partial charge in [0.25, 0.3) is 0 Å². The van der Waals surface area contributed by atoms with Crippen LogP contribution in [-0.2, 0) is 6.54 Å². The molecule has 3 nitrogen and oxygen atoms in total. The van der Waals surface area contributed by atoms with Crippen LogP contribution < -0.4 is 5.32 Å². The number of phenolic OH excluding ortho intramolecular Hbond substituents is 1. The summed E-state index contributed by atoms with van der Waals surface area (Å²) in [6, 6.07) is 11.1. The standard InChI is InChI=1S/C14H10BrFN2O/c15-11-1-3-13(9(5-11)7-17)18-8-10-6-12(16)2-4-14(10)19/h1-6,18-19H,8H2. The number of anilines is 1. The van der Waals surface area contributed by atoms with E-state index in [1.807, 2.05) is 0 Å². The van der Waals surface area contributed by atoms with E-state index in [0.717, 1.165) is 4.47 Å². The largest absolute Gasteiger partial charge is 0.508 e. The minimum atomic E-state index is -0.411. The number of nitrogens with one attached hydrogen (secondary N) is 1. The zero-order chi connectivity index (χ0) is 13.8. The summed E-state index contributed by atoms with van der Waals surface area (Å²) in [4.78, 5) is 0. The molecule has 0 atom stereocenters. The lowest BCUT2D eigenvalue weighted by molar-refractivity contribution is 0.466. The van der Waals surface area contributed by atoms with Gasteiger partial charge in [0.15, 0.2) is 0 Å². The average Bonchev–Trinajstić information content (AvgIpc) is 2.40. The molecular weight excluding hydrogens is 311 g/mol. The van der Waals surface area contributed by atoms with E-state index in [-0.39, 0.29) is 12.3 Å². The quantitative estimate of drug-likeness (QED) is 0.904. The molecule has 0 heterocycles. The van der Waals surface area contributed by atoms with Gasteiger partial charge in [0.05, 0.1) is 11.3 Å². The fourth-order valence-corrected chi connectivity index (χ4v) is 2.01. The molecular formula is C14H10BrFN2O. The number of benzene rings is 2. The number of rotatable bonds is 3. The summed E-state index contributed by atoms with van der Waals surface area (Å²) in [7, 11) is 0. The van der Waals surface area contributed by atoms with E-state index < -0.39 is 5.82 Å². The lowest BCUT2D eigenvalue weighted by Crippen LogP contribution is -2.02. The highest BCUT2D eigenvalue weighted by atomic mass is 79.9. The van der Waals surface area contributed by atoms with Crippen LogP contribution in [0.4, 0.5) is 10.1 Å². The van der Waals surface area contributed by atoms with Gasteiger partial charge in [-0.25, -0.2) is 4.39 Å². The van der Waals surface area contributed by atoms with Crippen molar-refractivity contribution in [3.05, 3.63) is 57.8 Å². The summed E-state index contributed by atoms with van der Waals surface area (Å²) >= 11 is 3.29.